The molecule has 158 valence electrons. The van der Waals surface area contributed by atoms with Gasteiger partial charge in [0, 0.05) is 42.4 Å². The van der Waals surface area contributed by atoms with E-state index in [-0.39, 0.29) is 36.3 Å². The number of aryl methyl sites for hydroxylation is 1. The summed E-state index contributed by atoms with van der Waals surface area (Å²) in [4.78, 5) is 37.3. The molecule has 2 aromatic rings. The maximum atomic E-state index is 12.7. The predicted molar refractivity (Wildman–Crippen MR) is 111 cm³/mol. The van der Waals surface area contributed by atoms with E-state index in [9.17, 15) is 19.7 Å². The van der Waals surface area contributed by atoms with Crippen LogP contribution in [-0.2, 0) is 11.3 Å². The van der Waals surface area contributed by atoms with Crippen molar-refractivity contribution in [2.24, 2.45) is 0 Å². The Bertz CT molecular complexity index is 948. The number of morpholine rings is 1. The molecule has 1 aliphatic rings. The van der Waals surface area contributed by atoms with E-state index < -0.39 is 4.92 Å². The minimum Gasteiger partial charge on any atom is -0.372 e. The van der Waals surface area contributed by atoms with Crippen molar-refractivity contribution < 1.29 is 19.2 Å². The molecule has 8 heteroatoms. The number of nitro benzene ring substituents is 1. The first-order valence-corrected chi connectivity index (χ1v) is 9.81. The van der Waals surface area contributed by atoms with Crippen molar-refractivity contribution in [1.82, 2.24) is 10.2 Å². The van der Waals surface area contributed by atoms with Crippen LogP contribution in [0.4, 0.5) is 5.69 Å². The number of benzene rings is 2. The normalized spacial score (nSPS) is 18.7. The van der Waals surface area contributed by atoms with Gasteiger partial charge in [-0.15, -0.1) is 0 Å². The van der Waals surface area contributed by atoms with Gasteiger partial charge in [0.1, 0.15) is 0 Å². The van der Waals surface area contributed by atoms with Gasteiger partial charge < -0.3 is 15.0 Å². The lowest BCUT2D eigenvalue weighted by atomic mass is 10.1. The Morgan fingerprint density at radius 3 is 2.27 bits per heavy atom. The lowest BCUT2D eigenvalue weighted by molar-refractivity contribution is -0.385. The summed E-state index contributed by atoms with van der Waals surface area (Å²) in [7, 11) is 0. The highest BCUT2D eigenvalue weighted by atomic mass is 16.6. The molecule has 2 atom stereocenters. The molecule has 8 nitrogen and oxygen atoms in total. The average Bonchev–Trinajstić information content (AvgIpc) is 2.70. The zero-order chi connectivity index (χ0) is 21.8. The summed E-state index contributed by atoms with van der Waals surface area (Å²) in [6.07, 6.45) is 0.0190. The molecule has 1 N–H and O–H groups in total. The molecule has 2 unspecified atom stereocenters. The molecule has 1 heterocycles. The van der Waals surface area contributed by atoms with Gasteiger partial charge in [0.25, 0.3) is 17.5 Å². The molecule has 3 rings (SSSR count). The first kappa shape index (κ1) is 21.4. The van der Waals surface area contributed by atoms with Crippen LogP contribution in [-0.4, -0.2) is 46.9 Å². The lowest BCUT2D eigenvalue weighted by Gasteiger charge is -2.35. The van der Waals surface area contributed by atoms with Gasteiger partial charge in [0.2, 0.25) is 0 Å². The van der Waals surface area contributed by atoms with Crippen molar-refractivity contribution in [2.75, 3.05) is 13.1 Å². The summed E-state index contributed by atoms with van der Waals surface area (Å²) < 4.78 is 5.67. The average molecular weight is 411 g/mol. The fraction of sp³-hybridized carbons (Fsp3) is 0.364. The molecule has 1 aliphatic heterocycles. The van der Waals surface area contributed by atoms with E-state index in [1.165, 1.54) is 18.2 Å². The van der Waals surface area contributed by atoms with Crippen LogP contribution < -0.4 is 5.32 Å². The fourth-order valence-electron chi connectivity index (χ4n) is 3.58. The Hall–Kier alpha value is -3.26. The monoisotopic (exact) mass is 411 g/mol. The molecule has 1 fully saturated rings. The van der Waals surface area contributed by atoms with E-state index in [1.54, 1.807) is 24.0 Å². The van der Waals surface area contributed by atoms with Gasteiger partial charge in [0.15, 0.2) is 0 Å². The van der Waals surface area contributed by atoms with Crippen LogP contribution in [0.3, 0.4) is 0 Å². The Morgan fingerprint density at radius 1 is 1.10 bits per heavy atom. The zero-order valence-corrected chi connectivity index (χ0v) is 17.3. The summed E-state index contributed by atoms with van der Waals surface area (Å²) in [6, 6.07) is 11.4. The molecule has 0 aliphatic carbocycles. The van der Waals surface area contributed by atoms with Gasteiger partial charge in [-0.3, -0.25) is 19.7 Å². The zero-order valence-electron chi connectivity index (χ0n) is 17.3. The van der Waals surface area contributed by atoms with Crippen molar-refractivity contribution in [3.8, 4) is 0 Å². The number of ether oxygens (including phenoxy) is 1. The minimum absolute atomic E-state index is 0.00948. The number of nitro groups is 1. The predicted octanol–water partition coefficient (Wildman–Crippen LogP) is 3.08. The van der Waals surface area contributed by atoms with Crippen molar-refractivity contribution in [3.63, 3.8) is 0 Å². The molecule has 30 heavy (non-hydrogen) atoms. The third-order valence-electron chi connectivity index (χ3n) is 5.02. The van der Waals surface area contributed by atoms with Gasteiger partial charge in [-0.25, -0.2) is 0 Å². The van der Waals surface area contributed by atoms with Gasteiger partial charge in [-0.1, -0.05) is 12.1 Å². The molecular formula is C22H25N3O5. The molecule has 0 radical (unpaired) electrons. The van der Waals surface area contributed by atoms with Crippen LogP contribution in [0.25, 0.3) is 0 Å². The maximum Gasteiger partial charge on any atom is 0.272 e. The standard InChI is InChI=1S/C22H25N3O5/c1-14-10-19(8-9-20(14)25(28)29)21(26)23-11-17-4-6-18(7-5-17)22(27)24-12-15(2)30-16(3)13-24/h4-10,15-16H,11-13H2,1-3H3,(H,23,26). The molecule has 2 amide bonds. The molecule has 0 saturated carbocycles. The SMILES string of the molecule is Cc1cc(C(=O)NCc2ccc(C(=O)N3CC(C)OC(C)C3)cc2)ccc1[N+](=O)[O-]. The largest absolute Gasteiger partial charge is 0.372 e. The maximum absolute atomic E-state index is 12.7. The highest BCUT2D eigenvalue weighted by Gasteiger charge is 2.26. The van der Waals surface area contributed by atoms with Gasteiger partial charge in [-0.2, -0.15) is 0 Å². The smallest absolute Gasteiger partial charge is 0.272 e. The number of carbonyl (C=O) groups is 2. The Balaban J connectivity index is 1.59. The molecule has 0 aromatic heterocycles. The number of hydrogen-bond donors (Lipinski definition) is 1. The van der Waals surface area contributed by atoms with E-state index >= 15 is 0 Å². The number of carbonyl (C=O) groups excluding carboxylic acids is 2. The highest BCUT2D eigenvalue weighted by molar-refractivity contribution is 5.95. The first-order valence-electron chi connectivity index (χ1n) is 9.81. The Morgan fingerprint density at radius 2 is 1.70 bits per heavy atom. The Kier molecular flexibility index (Phi) is 6.47. The number of amides is 2. The van der Waals surface area contributed by atoms with Gasteiger partial charge in [-0.05, 0) is 50.6 Å². The molecule has 0 bridgehead atoms. The van der Waals surface area contributed by atoms with Crippen molar-refractivity contribution in [2.45, 2.75) is 39.5 Å². The summed E-state index contributed by atoms with van der Waals surface area (Å²) in [5.41, 5.74) is 2.22. The van der Waals surface area contributed by atoms with Crippen LogP contribution in [0.5, 0.6) is 0 Å². The first-order chi connectivity index (χ1) is 14.2. The topological polar surface area (TPSA) is 102 Å². The third kappa shape index (κ3) is 5.01. The van der Waals surface area contributed by atoms with Crippen LogP contribution in [0.15, 0.2) is 42.5 Å². The number of nitrogens with one attached hydrogen (secondary N) is 1. The summed E-state index contributed by atoms with van der Waals surface area (Å²) >= 11 is 0. The third-order valence-corrected chi connectivity index (χ3v) is 5.02. The second kappa shape index (κ2) is 9.04. The lowest BCUT2D eigenvalue weighted by Crippen LogP contribution is -2.48. The molecule has 2 aromatic carbocycles. The second-order valence-corrected chi connectivity index (χ2v) is 7.61. The van der Waals surface area contributed by atoms with E-state index in [4.69, 9.17) is 4.74 Å². The minimum atomic E-state index is -0.474. The molecule has 0 spiro atoms. The number of nitrogens with zero attached hydrogens (tertiary/aromatic N) is 2. The van der Waals surface area contributed by atoms with Crippen LogP contribution in [0, 0.1) is 17.0 Å². The van der Waals surface area contributed by atoms with Gasteiger partial charge >= 0.3 is 0 Å². The summed E-state index contributed by atoms with van der Waals surface area (Å²) in [5.74, 6) is -0.349. The van der Waals surface area contributed by atoms with E-state index in [2.05, 4.69) is 5.32 Å². The van der Waals surface area contributed by atoms with E-state index in [0.717, 1.165) is 5.56 Å². The van der Waals surface area contributed by atoms with Crippen molar-refractivity contribution >= 4 is 17.5 Å². The highest BCUT2D eigenvalue weighted by Crippen LogP contribution is 2.19. The van der Waals surface area contributed by atoms with Crippen LogP contribution >= 0.6 is 0 Å². The molecule has 1 saturated heterocycles. The van der Waals surface area contributed by atoms with Gasteiger partial charge in [0.05, 0.1) is 17.1 Å². The summed E-state index contributed by atoms with van der Waals surface area (Å²) in [5, 5.41) is 13.7. The van der Waals surface area contributed by atoms with Crippen molar-refractivity contribution in [1.29, 1.82) is 0 Å². The van der Waals surface area contributed by atoms with Crippen molar-refractivity contribution in [3.05, 3.63) is 74.8 Å². The van der Waals surface area contributed by atoms with E-state index in [1.807, 2.05) is 26.0 Å². The number of hydrogen-bond acceptors (Lipinski definition) is 5. The fourth-order valence-corrected chi connectivity index (χ4v) is 3.58. The second-order valence-electron chi connectivity index (χ2n) is 7.61. The summed E-state index contributed by atoms with van der Waals surface area (Å²) in [6.45, 7) is 6.92. The number of rotatable bonds is 5. The Labute approximate surface area is 175 Å². The van der Waals surface area contributed by atoms with E-state index in [0.29, 0.717) is 29.8 Å². The van der Waals surface area contributed by atoms with Crippen LogP contribution in [0.2, 0.25) is 0 Å². The molecular weight excluding hydrogens is 386 g/mol. The van der Waals surface area contributed by atoms with Crippen LogP contribution in [0.1, 0.15) is 45.7 Å². The quantitative estimate of drug-likeness (QED) is 0.602.